The van der Waals surface area contributed by atoms with E-state index in [0.29, 0.717) is 0 Å². The Morgan fingerprint density at radius 3 is 2.79 bits per heavy atom. The summed E-state index contributed by atoms with van der Waals surface area (Å²) in [4.78, 5) is 6.33. The van der Waals surface area contributed by atoms with Gasteiger partial charge in [0.25, 0.3) is 0 Å². The smallest absolute Gasteiger partial charge is 0.0600 e. The number of allylic oxidation sites excluding steroid dienone is 2. The van der Waals surface area contributed by atoms with E-state index in [1.165, 1.54) is 0 Å². The fraction of sp³-hybridized carbons (Fsp3) is 0.250. The summed E-state index contributed by atoms with van der Waals surface area (Å²) in [5, 5.41) is 0. The largest absolute Gasteiger partial charge is 0.338 e. The highest BCUT2D eigenvalue weighted by atomic mass is 15.2. The Morgan fingerprint density at radius 1 is 1.29 bits per heavy atom. The van der Waals surface area contributed by atoms with Gasteiger partial charge in [-0.15, -0.1) is 0 Å². The predicted octanol–water partition coefficient (Wildman–Crippen LogP) is 2.75. The van der Waals surface area contributed by atoms with Gasteiger partial charge in [0, 0.05) is 12.4 Å². The maximum Gasteiger partial charge on any atom is 0.0600 e. The lowest BCUT2D eigenvalue weighted by atomic mass is 9.99. The van der Waals surface area contributed by atoms with Crippen LogP contribution in [0.1, 0.15) is 13.8 Å². The van der Waals surface area contributed by atoms with Crippen molar-refractivity contribution in [2.45, 2.75) is 19.4 Å². The molecule has 0 saturated heterocycles. The molecule has 14 heavy (non-hydrogen) atoms. The van der Waals surface area contributed by atoms with Crippen LogP contribution in [0.15, 0.2) is 49.0 Å². The minimum absolute atomic E-state index is 0.0256. The van der Waals surface area contributed by atoms with Crippen LogP contribution in [0.4, 0.5) is 5.69 Å². The van der Waals surface area contributed by atoms with Crippen LogP contribution in [0, 0.1) is 0 Å². The van der Waals surface area contributed by atoms with Crippen LogP contribution in [0.3, 0.4) is 0 Å². The number of rotatable bonds is 1. The third-order valence-electron chi connectivity index (χ3n) is 2.40. The van der Waals surface area contributed by atoms with Gasteiger partial charge >= 0.3 is 0 Å². The van der Waals surface area contributed by atoms with Crippen LogP contribution in [-0.2, 0) is 0 Å². The van der Waals surface area contributed by atoms with Crippen molar-refractivity contribution in [3.05, 3.63) is 49.0 Å². The van der Waals surface area contributed by atoms with Crippen LogP contribution in [0.2, 0.25) is 0 Å². The molecule has 0 N–H and O–H groups in total. The molecule has 0 saturated carbocycles. The summed E-state index contributed by atoms with van der Waals surface area (Å²) in [6, 6.07) is 4.02. The highest BCUT2D eigenvalue weighted by Gasteiger charge is 2.23. The molecule has 2 rings (SSSR count). The molecule has 1 aliphatic heterocycles. The Hall–Kier alpha value is -1.57. The summed E-state index contributed by atoms with van der Waals surface area (Å²) in [6.07, 6.45) is 12.0. The summed E-state index contributed by atoms with van der Waals surface area (Å²) < 4.78 is 0. The fourth-order valence-corrected chi connectivity index (χ4v) is 1.61. The minimum atomic E-state index is 0.0256. The first-order valence-corrected chi connectivity index (χ1v) is 4.75. The number of aromatic nitrogens is 1. The fourth-order valence-electron chi connectivity index (χ4n) is 1.61. The lowest BCUT2D eigenvalue weighted by Gasteiger charge is -2.37. The summed E-state index contributed by atoms with van der Waals surface area (Å²) in [5.41, 5.74) is 1.15. The Balaban J connectivity index is 2.36. The highest BCUT2D eigenvalue weighted by molar-refractivity contribution is 5.53. The Kier molecular flexibility index (Phi) is 2.12. The van der Waals surface area contributed by atoms with Crippen molar-refractivity contribution in [2.75, 3.05) is 4.90 Å². The van der Waals surface area contributed by atoms with Crippen molar-refractivity contribution in [3.63, 3.8) is 0 Å². The third-order valence-corrected chi connectivity index (χ3v) is 2.40. The van der Waals surface area contributed by atoms with E-state index in [4.69, 9.17) is 0 Å². The summed E-state index contributed by atoms with van der Waals surface area (Å²) in [5.74, 6) is 0. The van der Waals surface area contributed by atoms with Crippen molar-refractivity contribution in [2.24, 2.45) is 0 Å². The first-order valence-electron chi connectivity index (χ1n) is 4.75. The van der Waals surface area contributed by atoms with E-state index in [1.807, 2.05) is 18.3 Å². The van der Waals surface area contributed by atoms with Gasteiger partial charge in [-0.1, -0.05) is 12.2 Å². The molecule has 2 nitrogen and oxygen atoms in total. The molecule has 72 valence electrons. The van der Waals surface area contributed by atoms with Crippen molar-refractivity contribution in [1.82, 2.24) is 4.98 Å². The Labute approximate surface area is 84.6 Å². The second-order valence-electron chi connectivity index (χ2n) is 3.94. The van der Waals surface area contributed by atoms with E-state index in [9.17, 15) is 0 Å². The number of anilines is 1. The van der Waals surface area contributed by atoms with Gasteiger partial charge in [0.1, 0.15) is 0 Å². The van der Waals surface area contributed by atoms with Crippen molar-refractivity contribution in [3.8, 4) is 0 Å². The molecule has 0 aliphatic carbocycles. The third kappa shape index (κ3) is 1.55. The molecule has 0 spiro atoms. The maximum atomic E-state index is 4.13. The molecule has 0 radical (unpaired) electrons. The van der Waals surface area contributed by atoms with Crippen LogP contribution in [-0.4, -0.2) is 10.5 Å². The average Bonchev–Trinajstić information content (AvgIpc) is 2.18. The van der Waals surface area contributed by atoms with Crippen LogP contribution in [0.25, 0.3) is 0 Å². The van der Waals surface area contributed by atoms with E-state index in [0.717, 1.165) is 5.69 Å². The van der Waals surface area contributed by atoms with Gasteiger partial charge in [0.05, 0.1) is 17.4 Å². The van der Waals surface area contributed by atoms with E-state index < -0.39 is 0 Å². The average molecular weight is 186 g/mol. The molecule has 1 aromatic heterocycles. The minimum Gasteiger partial charge on any atom is -0.338 e. The van der Waals surface area contributed by atoms with E-state index in [1.54, 1.807) is 6.20 Å². The monoisotopic (exact) mass is 186 g/mol. The molecular weight excluding hydrogens is 172 g/mol. The van der Waals surface area contributed by atoms with Crippen molar-refractivity contribution < 1.29 is 0 Å². The molecule has 0 aromatic carbocycles. The molecule has 0 unspecified atom stereocenters. The molecule has 2 heteroatoms. The van der Waals surface area contributed by atoms with Gasteiger partial charge in [-0.25, -0.2) is 0 Å². The van der Waals surface area contributed by atoms with Gasteiger partial charge in [-0.2, -0.15) is 0 Å². The lowest BCUT2D eigenvalue weighted by Crippen LogP contribution is -2.39. The molecule has 1 aliphatic rings. The maximum absolute atomic E-state index is 4.13. The first-order chi connectivity index (χ1) is 6.70. The number of pyridine rings is 1. The highest BCUT2D eigenvalue weighted by Crippen LogP contribution is 2.26. The quantitative estimate of drug-likeness (QED) is 0.670. The Morgan fingerprint density at radius 2 is 2.14 bits per heavy atom. The number of hydrogen-bond donors (Lipinski definition) is 0. The van der Waals surface area contributed by atoms with Crippen LogP contribution < -0.4 is 4.90 Å². The molecular formula is C12H14N2. The van der Waals surface area contributed by atoms with Crippen molar-refractivity contribution in [1.29, 1.82) is 0 Å². The van der Waals surface area contributed by atoms with E-state index in [2.05, 4.69) is 48.1 Å². The molecule has 0 fully saturated rings. The first kappa shape index (κ1) is 9.00. The topological polar surface area (TPSA) is 16.1 Å². The summed E-state index contributed by atoms with van der Waals surface area (Å²) in [6.45, 7) is 4.36. The van der Waals surface area contributed by atoms with Gasteiger partial charge < -0.3 is 4.90 Å². The molecule has 0 amide bonds. The Bertz CT molecular complexity index is 363. The van der Waals surface area contributed by atoms with Crippen LogP contribution >= 0.6 is 0 Å². The zero-order valence-corrected chi connectivity index (χ0v) is 8.51. The molecule has 2 heterocycles. The van der Waals surface area contributed by atoms with E-state index >= 15 is 0 Å². The normalized spacial score (nSPS) is 18.6. The summed E-state index contributed by atoms with van der Waals surface area (Å²) in [7, 11) is 0. The standard InChI is InChI=1S/C12H14N2/c1-12(2)7-3-4-9-14(12)11-6-5-8-13-10-11/h3-10H,1-2H3. The molecule has 0 atom stereocenters. The van der Waals surface area contributed by atoms with Crippen molar-refractivity contribution >= 4 is 5.69 Å². The SMILES string of the molecule is CC1(C)C=CC=CN1c1cccnc1. The predicted molar refractivity (Wildman–Crippen MR) is 59.1 cm³/mol. The van der Waals surface area contributed by atoms with Crippen LogP contribution in [0.5, 0.6) is 0 Å². The molecule has 0 bridgehead atoms. The summed E-state index contributed by atoms with van der Waals surface area (Å²) >= 11 is 0. The second kappa shape index (κ2) is 3.29. The van der Waals surface area contributed by atoms with Gasteiger partial charge in [-0.05, 0) is 32.1 Å². The molecule has 1 aromatic rings. The number of hydrogen-bond acceptors (Lipinski definition) is 2. The van der Waals surface area contributed by atoms with E-state index in [-0.39, 0.29) is 5.54 Å². The lowest BCUT2D eigenvalue weighted by molar-refractivity contribution is 0.617. The number of nitrogens with zero attached hydrogens (tertiary/aromatic N) is 2. The van der Waals surface area contributed by atoms with Gasteiger partial charge in [0.15, 0.2) is 0 Å². The van der Waals surface area contributed by atoms with Gasteiger partial charge in [0.2, 0.25) is 0 Å². The van der Waals surface area contributed by atoms with Gasteiger partial charge in [-0.3, -0.25) is 4.98 Å². The second-order valence-corrected chi connectivity index (χ2v) is 3.94. The zero-order chi connectivity index (χ0) is 10.0. The zero-order valence-electron chi connectivity index (χ0n) is 8.51.